The van der Waals surface area contributed by atoms with Gasteiger partial charge in [0, 0.05) is 19.2 Å². The Kier molecular flexibility index (Phi) is 8.24. The van der Waals surface area contributed by atoms with Gasteiger partial charge in [-0.05, 0) is 50.6 Å². The highest BCUT2D eigenvalue weighted by atomic mass is 32.2. The van der Waals surface area contributed by atoms with Crippen molar-refractivity contribution >= 4 is 17.7 Å². The first kappa shape index (κ1) is 24.3. The lowest BCUT2D eigenvalue weighted by Gasteiger charge is -2.35. The van der Waals surface area contributed by atoms with Crippen molar-refractivity contribution in [1.82, 2.24) is 25.0 Å². The second-order valence-electron chi connectivity index (χ2n) is 8.71. The van der Waals surface area contributed by atoms with Crippen molar-refractivity contribution in [2.75, 3.05) is 32.5 Å². The molecule has 0 radical (unpaired) electrons. The highest BCUT2D eigenvalue weighted by Crippen LogP contribution is 2.26. The van der Waals surface area contributed by atoms with E-state index in [-0.39, 0.29) is 11.9 Å². The summed E-state index contributed by atoms with van der Waals surface area (Å²) >= 11 is 1.41. The molecule has 1 aliphatic rings. The van der Waals surface area contributed by atoms with Gasteiger partial charge in [-0.1, -0.05) is 60.1 Å². The molecule has 0 bridgehead atoms. The maximum atomic E-state index is 12.7. The van der Waals surface area contributed by atoms with E-state index < -0.39 is 0 Å². The summed E-state index contributed by atoms with van der Waals surface area (Å²) in [6, 6.07) is 16.5. The number of nitrogens with zero attached hydrogens (tertiary/aromatic N) is 4. The van der Waals surface area contributed by atoms with E-state index in [1.807, 2.05) is 35.9 Å². The number of carbonyl (C=O) groups is 1. The molecule has 2 aromatic carbocycles. The number of aromatic nitrogens is 3. The lowest BCUT2D eigenvalue weighted by molar-refractivity contribution is -0.118. The molecule has 2 heterocycles. The van der Waals surface area contributed by atoms with E-state index in [1.165, 1.54) is 42.2 Å². The lowest BCUT2D eigenvalue weighted by atomic mass is 10.0. The molecule has 1 saturated heterocycles. The molecule has 1 aromatic heterocycles. The standard InChI is InChI=1S/C26H33N5O2S/c1-19-7-9-21(10-8-19)25-28-29-26(30(25)2)34-18-24(32)27-17-23(31-15-5-4-6-16-31)20-11-13-22(33-3)14-12-20/h7-14,23H,4-6,15-18H2,1-3H3,(H,27,32). The SMILES string of the molecule is COc1ccc(C(CNC(=O)CSc2nnc(-c3ccc(C)cc3)n2C)N2CCCCC2)cc1. The first-order valence-electron chi connectivity index (χ1n) is 11.8. The molecule has 3 aromatic rings. The topological polar surface area (TPSA) is 72.3 Å². The number of piperidine rings is 1. The van der Waals surface area contributed by atoms with Crippen LogP contribution in [0.4, 0.5) is 0 Å². The van der Waals surface area contributed by atoms with Crippen molar-refractivity contribution in [2.24, 2.45) is 7.05 Å². The highest BCUT2D eigenvalue weighted by molar-refractivity contribution is 7.99. The van der Waals surface area contributed by atoms with Gasteiger partial charge < -0.3 is 14.6 Å². The molecule has 1 fully saturated rings. The zero-order valence-electron chi connectivity index (χ0n) is 20.2. The average molecular weight is 480 g/mol. The fourth-order valence-electron chi connectivity index (χ4n) is 4.30. The second-order valence-corrected chi connectivity index (χ2v) is 9.65. The number of carbonyl (C=O) groups excluding carboxylic acids is 1. The van der Waals surface area contributed by atoms with Crippen molar-refractivity contribution in [1.29, 1.82) is 0 Å². The Labute approximate surface area is 205 Å². The van der Waals surface area contributed by atoms with E-state index in [2.05, 4.69) is 51.6 Å². The molecule has 0 aliphatic carbocycles. The Balaban J connectivity index is 1.36. The normalized spacial score (nSPS) is 15.1. The third-order valence-corrected chi connectivity index (χ3v) is 7.32. The van der Waals surface area contributed by atoms with Crippen LogP contribution in [-0.2, 0) is 11.8 Å². The van der Waals surface area contributed by atoms with Gasteiger partial charge in [0.05, 0.1) is 18.9 Å². The van der Waals surface area contributed by atoms with Crippen LogP contribution in [0, 0.1) is 6.92 Å². The molecule has 1 aliphatic heterocycles. The van der Waals surface area contributed by atoms with Crippen molar-refractivity contribution in [3.63, 3.8) is 0 Å². The summed E-state index contributed by atoms with van der Waals surface area (Å²) in [5, 5.41) is 12.5. The molecule has 4 rings (SSSR count). The summed E-state index contributed by atoms with van der Waals surface area (Å²) in [5.74, 6) is 1.94. The fourth-order valence-corrected chi connectivity index (χ4v) is 5.04. The number of methoxy groups -OCH3 is 1. The molecule has 1 amide bonds. The van der Waals surface area contributed by atoms with Crippen molar-refractivity contribution in [2.45, 2.75) is 37.4 Å². The second kappa shape index (κ2) is 11.5. The van der Waals surface area contributed by atoms with Crippen LogP contribution in [0.25, 0.3) is 11.4 Å². The number of likely N-dealkylation sites (tertiary alicyclic amines) is 1. The Morgan fingerprint density at radius 3 is 2.44 bits per heavy atom. The van der Waals surface area contributed by atoms with Gasteiger partial charge in [-0.3, -0.25) is 9.69 Å². The molecule has 1 N–H and O–H groups in total. The van der Waals surface area contributed by atoms with Gasteiger partial charge in [0.15, 0.2) is 11.0 Å². The molecular weight excluding hydrogens is 446 g/mol. The number of hydrogen-bond donors (Lipinski definition) is 1. The van der Waals surface area contributed by atoms with E-state index >= 15 is 0 Å². The summed E-state index contributed by atoms with van der Waals surface area (Å²) in [6.45, 7) is 4.76. The van der Waals surface area contributed by atoms with Crippen LogP contribution < -0.4 is 10.1 Å². The molecule has 1 atom stereocenters. The predicted octanol–water partition coefficient (Wildman–Crippen LogP) is 4.23. The van der Waals surface area contributed by atoms with Gasteiger partial charge in [-0.2, -0.15) is 0 Å². The third kappa shape index (κ3) is 5.98. The van der Waals surface area contributed by atoms with Crippen LogP contribution in [0.5, 0.6) is 5.75 Å². The lowest BCUT2D eigenvalue weighted by Crippen LogP contribution is -2.41. The van der Waals surface area contributed by atoms with Gasteiger partial charge in [-0.15, -0.1) is 10.2 Å². The summed E-state index contributed by atoms with van der Waals surface area (Å²) in [7, 11) is 3.61. The molecule has 8 heteroatoms. The smallest absolute Gasteiger partial charge is 0.230 e. The minimum atomic E-state index is 0.000377. The molecule has 7 nitrogen and oxygen atoms in total. The summed E-state index contributed by atoms with van der Waals surface area (Å²) in [6.07, 6.45) is 3.68. The predicted molar refractivity (Wildman–Crippen MR) is 136 cm³/mol. The van der Waals surface area contributed by atoms with Crippen molar-refractivity contribution in [3.8, 4) is 17.1 Å². The van der Waals surface area contributed by atoms with E-state index in [9.17, 15) is 4.79 Å². The third-order valence-electron chi connectivity index (χ3n) is 6.30. The highest BCUT2D eigenvalue weighted by Gasteiger charge is 2.23. The number of aryl methyl sites for hydroxylation is 1. The maximum absolute atomic E-state index is 12.7. The van der Waals surface area contributed by atoms with Crippen LogP contribution >= 0.6 is 11.8 Å². The fraction of sp³-hybridized carbons (Fsp3) is 0.423. The van der Waals surface area contributed by atoms with Crippen LogP contribution in [0.1, 0.15) is 36.4 Å². The molecular formula is C26H33N5O2S. The van der Waals surface area contributed by atoms with Crippen LogP contribution in [-0.4, -0.2) is 58.1 Å². The van der Waals surface area contributed by atoms with Crippen LogP contribution in [0.2, 0.25) is 0 Å². The monoisotopic (exact) mass is 479 g/mol. The van der Waals surface area contributed by atoms with Gasteiger partial charge in [-0.25, -0.2) is 0 Å². The number of nitrogens with one attached hydrogen (secondary N) is 1. The first-order chi connectivity index (χ1) is 16.5. The van der Waals surface area contributed by atoms with E-state index in [0.29, 0.717) is 12.3 Å². The largest absolute Gasteiger partial charge is 0.497 e. The van der Waals surface area contributed by atoms with Crippen LogP contribution in [0.15, 0.2) is 53.7 Å². The number of rotatable bonds is 9. The van der Waals surface area contributed by atoms with Crippen molar-refractivity contribution < 1.29 is 9.53 Å². The summed E-state index contributed by atoms with van der Waals surface area (Å²) in [5.41, 5.74) is 3.42. The zero-order valence-corrected chi connectivity index (χ0v) is 21.0. The quantitative estimate of drug-likeness (QED) is 0.463. The number of thioether (sulfide) groups is 1. The van der Waals surface area contributed by atoms with E-state index in [4.69, 9.17) is 4.74 Å². The Morgan fingerprint density at radius 2 is 1.76 bits per heavy atom. The van der Waals surface area contributed by atoms with Crippen LogP contribution in [0.3, 0.4) is 0 Å². The van der Waals surface area contributed by atoms with E-state index in [1.54, 1.807) is 7.11 Å². The number of benzene rings is 2. The Bertz CT molecular complexity index is 1080. The Morgan fingerprint density at radius 1 is 1.06 bits per heavy atom. The van der Waals surface area contributed by atoms with Gasteiger partial charge >= 0.3 is 0 Å². The van der Waals surface area contributed by atoms with Crippen molar-refractivity contribution in [3.05, 3.63) is 59.7 Å². The molecule has 180 valence electrons. The van der Waals surface area contributed by atoms with E-state index in [0.717, 1.165) is 35.4 Å². The number of amides is 1. The summed E-state index contributed by atoms with van der Waals surface area (Å²) < 4.78 is 7.25. The number of ether oxygens (including phenoxy) is 1. The molecule has 0 spiro atoms. The Hall–Kier alpha value is -2.84. The molecule has 0 saturated carbocycles. The van der Waals surface area contributed by atoms with Gasteiger partial charge in [0.1, 0.15) is 5.75 Å². The number of hydrogen-bond acceptors (Lipinski definition) is 6. The summed E-state index contributed by atoms with van der Waals surface area (Å²) in [4.78, 5) is 15.2. The average Bonchev–Trinajstić information content (AvgIpc) is 3.24. The minimum absolute atomic E-state index is 0.000377. The van der Waals surface area contributed by atoms with Gasteiger partial charge in [0.25, 0.3) is 0 Å². The first-order valence-corrected chi connectivity index (χ1v) is 12.8. The molecule has 1 unspecified atom stereocenters. The van der Waals surface area contributed by atoms with Gasteiger partial charge in [0.2, 0.25) is 5.91 Å². The minimum Gasteiger partial charge on any atom is -0.497 e. The molecule has 34 heavy (non-hydrogen) atoms. The zero-order chi connectivity index (χ0) is 23.9. The maximum Gasteiger partial charge on any atom is 0.230 e.